The minimum Gasteiger partial charge on any atom is -0.478 e. The van der Waals surface area contributed by atoms with Crippen molar-refractivity contribution in [1.29, 1.82) is 0 Å². The lowest BCUT2D eigenvalue weighted by atomic mass is 10.2. The zero-order valence-electron chi connectivity index (χ0n) is 10.5. The lowest BCUT2D eigenvalue weighted by Crippen LogP contribution is -2.40. The third-order valence-corrected chi connectivity index (χ3v) is 2.81. The van der Waals surface area contributed by atoms with Crippen molar-refractivity contribution in [3.8, 4) is 0 Å². The molecule has 0 saturated carbocycles. The Morgan fingerprint density at radius 2 is 1.90 bits per heavy atom. The number of rotatable bonds is 7. The van der Waals surface area contributed by atoms with E-state index in [4.69, 9.17) is 26.9 Å². The van der Waals surface area contributed by atoms with Crippen LogP contribution in [0.4, 0.5) is 5.69 Å². The van der Waals surface area contributed by atoms with Crippen molar-refractivity contribution >= 4 is 29.2 Å². The molecule has 0 unspecified atom stereocenters. The first-order valence-corrected chi connectivity index (χ1v) is 6.13. The van der Waals surface area contributed by atoms with Crippen molar-refractivity contribution in [1.82, 2.24) is 5.32 Å². The first-order chi connectivity index (χ1) is 9.47. The van der Waals surface area contributed by atoms with Gasteiger partial charge in [0, 0.05) is 0 Å². The van der Waals surface area contributed by atoms with Gasteiger partial charge in [-0.15, -0.1) is 0 Å². The van der Waals surface area contributed by atoms with Crippen LogP contribution in [0.25, 0.3) is 0 Å². The van der Waals surface area contributed by atoms with Gasteiger partial charge in [0.05, 0.1) is 42.1 Å². The fraction of sp³-hybridized carbons (Fsp3) is 0.333. The van der Waals surface area contributed by atoms with E-state index in [0.717, 1.165) is 0 Å². The van der Waals surface area contributed by atoms with Gasteiger partial charge in [-0.3, -0.25) is 4.79 Å². The monoisotopic (exact) mass is 302 g/mol. The molecule has 7 nitrogen and oxygen atoms in total. The number of amides is 1. The van der Waals surface area contributed by atoms with Crippen molar-refractivity contribution in [2.75, 3.05) is 25.1 Å². The number of halogens is 1. The molecule has 1 rings (SSSR count). The Kier molecular flexibility index (Phi) is 6.40. The molecule has 20 heavy (non-hydrogen) atoms. The fourth-order valence-corrected chi connectivity index (χ4v) is 1.54. The smallest absolute Gasteiger partial charge is 0.335 e. The van der Waals surface area contributed by atoms with Gasteiger partial charge < -0.3 is 26.0 Å². The number of nitrogens with one attached hydrogen (secondary N) is 2. The highest BCUT2D eigenvalue weighted by Crippen LogP contribution is 2.22. The highest BCUT2D eigenvalue weighted by molar-refractivity contribution is 6.33. The Balaban J connectivity index is 2.65. The normalized spacial score (nSPS) is 10.6. The molecule has 0 spiro atoms. The summed E-state index contributed by atoms with van der Waals surface area (Å²) in [6.45, 7) is -0.766. The Morgan fingerprint density at radius 3 is 2.45 bits per heavy atom. The molecule has 0 atom stereocenters. The largest absolute Gasteiger partial charge is 0.478 e. The number of aromatic carboxylic acids is 1. The molecule has 0 aromatic heterocycles. The number of hydrogen-bond donors (Lipinski definition) is 5. The molecule has 0 heterocycles. The van der Waals surface area contributed by atoms with Crippen LogP contribution in [0.1, 0.15) is 10.4 Å². The quantitative estimate of drug-likeness (QED) is 0.481. The summed E-state index contributed by atoms with van der Waals surface area (Å²) in [5.74, 6) is -1.60. The van der Waals surface area contributed by atoms with Crippen LogP contribution < -0.4 is 10.6 Å². The van der Waals surface area contributed by atoms with Gasteiger partial charge in [-0.2, -0.15) is 0 Å². The van der Waals surface area contributed by atoms with E-state index in [1.807, 2.05) is 0 Å². The molecule has 0 aliphatic carbocycles. The maximum atomic E-state index is 11.6. The first-order valence-electron chi connectivity index (χ1n) is 5.75. The molecule has 0 radical (unpaired) electrons. The van der Waals surface area contributed by atoms with Crippen LogP contribution in [0.2, 0.25) is 5.02 Å². The Bertz CT molecular complexity index is 491. The molecule has 0 fully saturated rings. The van der Waals surface area contributed by atoms with Crippen LogP contribution in [0, 0.1) is 0 Å². The van der Waals surface area contributed by atoms with E-state index in [1.54, 1.807) is 0 Å². The number of carbonyl (C=O) groups is 2. The van der Waals surface area contributed by atoms with E-state index in [2.05, 4.69) is 10.6 Å². The van der Waals surface area contributed by atoms with Gasteiger partial charge in [-0.05, 0) is 18.2 Å². The first kappa shape index (κ1) is 16.4. The van der Waals surface area contributed by atoms with Crippen LogP contribution in [0.15, 0.2) is 18.2 Å². The summed E-state index contributed by atoms with van der Waals surface area (Å²) >= 11 is 5.85. The van der Waals surface area contributed by atoms with Crippen molar-refractivity contribution in [2.24, 2.45) is 0 Å². The standard InChI is InChI=1S/C12H15ClN2O5/c13-9-2-1-7(12(19)20)3-10(9)15-11(18)4-14-8(5-16)6-17/h1-3,8,14,16-17H,4-6H2,(H,15,18)(H,19,20). The number of carboxylic acid groups (broad SMARTS) is 1. The summed E-state index contributed by atoms with van der Waals surface area (Å²) in [7, 11) is 0. The minimum absolute atomic E-state index is 0.00116. The van der Waals surface area contributed by atoms with Crippen LogP contribution in [0.5, 0.6) is 0 Å². The van der Waals surface area contributed by atoms with Crippen LogP contribution in [-0.4, -0.2) is 53.0 Å². The summed E-state index contributed by atoms with van der Waals surface area (Å²) in [6.07, 6.45) is 0. The molecule has 0 saturated heterocycles. The Hall–Kier alpha value is -1.67. The Labute approximate surface area is 120 Å². The van der Waals surface area contributed by atoms with E-state index in [9.17, 15) is 9.59 Å². The van der Waals surface area contributed by atoms with E-state index >= 15 is 0 Å². The van der Waals surface area contributed by atoms with Crippen LogP contribution in [-0.2, 0) is 4.79 Å². The minimum atomic E-state index is -1.13. The molecule has 8 heteroatoms. The third kappa shape index (κ3) is 4.78. The molecular weight excluding hydrogens is 288 g/mol. The maximum absolute atomic E-state index is 11.6. The Morgan fingerprint density at radius 1 is 1.25 bits per heavy atom. The van der Waals surface area contributed by atoms with E-state index in [-0.39, 0.29) is 36.0 Å². The van der Waals surface area contributed by atoms with Gasteiger partial charge >= 0.3 is 5.97 Å². The van der Waals surface area contributed by atoms with Gasteiger partial charge in [0.15, 0.2) is 0 Å². The molecule has 5 N–H and O–H groups in total. The van der Waals surface area contributed by atoms with Crippen LogP contribution >= 0.6 is 11.6 Å². The molecule has 1 aromatic rings. The van der Waals surface area contributed by atoms with E-state index < -0.39 is 17.9 Å². The molecule has 1 amide bonds. The van der Waals surface area contributed by atoms with E-state index in [1.165, 1.54) is 18.2 Å². The zero-order valence-corrected chi connectivity index (χ0v) is 11.2. The number of carbonyl (C=O) groups excluding carboxylic acids is 1. The summed E-state index contributed by atoms with van der Waals surface area (Å²) < 4.78 is 0. The number of anilines is 1. The van der Waals surface area contributed by atoms with Gasteiger partial charge in [0.1, 0.15) is 0 Å². The number of aliphatic hydroxyl groups excluding tert-OH is 2. The molecule has 1 aromatic carbocycles. The van der Waals surface area contributed by atoms with Crippen molar-refractivity contribution in [3.05, 3.63) is 28.8 Å². The third-order valence-electron chi connectivity index (χ3n) is 2.48. The highest BCUT2D eigenvalue weighted by atomic mass is 35.5. The number of aliphatic hydroxyl groups is 2. The molecule has 0 aliphatic rings. The highest BCUT2D eigenvalue weighted by Gasteiger charge is 2.11. The summed E-state index contributed by atoms with van der Waals surface area (Å²) in [5, 5.41) is 31.8. The molecule has 0 bridgehead atoms. The number of hydrogen-bond acceptors (Lipinski definition) is 5. The maximum Gasteiger partial charge on any atom is 0.335 e. The SMILES string of the molecule is O=C(CNC(CO)CO)Nc1cc(C(=O)O)ccc1Cl. The van der Waals surface area contributed by atoms with Crippen LogP contribution in [0.3, 0.4) is 0 Å². The number of benzene rings is 1. The second-order valence-corrected chi connectivity index (χ2v) is 4.40. The topological polar surface area (TPSA) is 119 Å². The summed E-state index contributed by atoms with van der Waals surface area (Å²) in [5.41, 5.74) is 0.184. The van der Waals surface area contributed by atoms with E-state index in [0.29, 0.717) is 0 Å². The van der Waals surface area contributed by atoms with Gasteiger partial charge in [0.2, 0.25) is 5.91 Å². The lowest BCUT2D eigenvalue weighted by Gasteiger charge is -2.13. The molecule has 110 valence electrons. The average Bonchev–Trinajstić information content (AvgIpc) is 2.42. The lowest BCUT2D eigenvalue weighted by molar-refractivity contribution is -0.115. The van der Waals surface area contributed by atoms with Crippen molar-refractivity contribution in [3.63, 3.8) is 0 Å². The fourth-order valence-electron chi connectivity index (χ4n) is 1.37. The predicted molar refractivity (Wildman–Crippen MR) is 73.0 cm³/mol. The number of carboxylic acids is 1. The van der Waals surface area contributed by atoms with Gasteiger partial charge in [-0.25, -0.2) is 4.79 Å². The average molecular weight is 303 g/mol. The van der Waals surface area contributed by atoms with Gasteiger partial charge in [0.25, 0.3) is 0 Å². The molecule has 0 aliphatic heterocycles. The summed E-state index contributed by atoms with van der Waals surface area (Å²) in [6, 6.07) is 3.35. The predicted octanol–water partition coefficient (Wildman–Crippen LogP) is -0.0805. The summed E-state index contributed by atoms with van der Waals surface area (Å²) in [4.78, 5) is 22.5. The van der Waals surface area contributed by atoms with Crippen molar-refractivity contribution < 1.29 is 24.9 Å². The van der Waals surface area contributed by atoms with Crippen molar-refractivity contribution in [2.45, 2.75) is 6.04 Å². The second-order valence-electron chi connectivity index (χ2n) is 3.99. The van der Waals surface area contributed by atoms with Gasteiger partial charge in [-0.1, -0.05) is 11.6 Å². The second kappa shape index (κ2) is 7.81. The zero-order chi connectivity index (χ0) is 15.1. The molecular formula is C12H15ClN2O5.